The van der Waals surface area contributed by atoms with Gasteiger partial charge in [-0.2, -0.15) is 0 Å². The predicted molar refractivity (Wildman–Crippen MR) is 38.1 cm³/mol. The van der Waals surface area contributed by atoms with Crippen molar-refractivity contribution in [3.63, 3.8) is 0 Å². The summed E-state index contributed by atoms with van der Waals surface area (Å²) in [5.74, 6) is 0. The molecule has 1 aromatic heterocycles. The molecule has 1 aromatic rings. The van der Waals surface area contributed by atoms with Crippen molar-refractivity contribution in [3.8, 4) is 0 Å². The molecule has 1 rings (SSSR count). The molecule has 0 spiro atoms. The number of nitrogens with zero attached hydrogens (tertiary/aromatic N) is 1. The number of halogens is 3. The summed E-state index contributed by atoms with van der Waals surface area (Å²) in [6.07, 6.45) is 3.60. The molecule has 5 heteroatoms. The molecule has 0 bridgehead atoms. The summed E-state index contributed by atoms with van der Waals surface area (Å²) in [5, 5.41) is 0. The van der Waals surface area contributed by atoms with Gasteiger partial charge in [-0.25, -0.2) is 0 Å². The standard InChI is InChI=1S/C6H7N.BF3/c1-6-3-2-4-7-5-6;2-1(3)4/h2-5H,1H3;. The van der Waals surface area contributed by atoms with E-state index in [1.807, 2.05) is 25.3 Å². The Labute approximate surface area is 63.5 Å². The van der Waals surface area contributed by atoms with Crippen molar-refractivity contribution >= 4 is 7.54 Å². The second-order valence-corrected chi connectivity index (χ2v) is 1.78. The highest BCUT2D eigenvalue weighted by Gasteiger charge is 2.06. The first-order chi connectivity index (χ1) is 5.13. The minimum atomic E-state index is -3.67. The summed E-state index contributed by atoms with van der Waals surface area (Å²) in [6, 6.07) is 3.95. The lowest BCUT2D eigenvalue weighted by Gasteiger charge is -1.82. The van der Waals surface area contributed by atoms with Crippen LogP contribution in [0.4, 0.5) is 12.9 Å². The fraction of sp³-hybridized carbons (Fsp3) is 0.167. The Kier molecular flexibility index (Phi) is 5.24. The average molecular weight is 161 g/mol. The van der Waals surface area contributed by atoms with Crippen LogP contribution in [0.1, 0.15) is 5.56 Å². The van der Waals surface area contributed by atoms with E-state index in [-0.39, 0.29) is 0 Å². The summed E-state index contributed by atoms with van der Waals surface area (Å²) < 4.78 is 29.0. The van der Waals surface area contributed by atoms with Gasteiger partial charge in [0.25, 0.3) is 0 Å². The molecule has 0 aliphatic heterocycles. The molecule has 11 heavy (non-hydrogen) atoms. The summed E-state index contributed by atoms with van der Waals surface area (Å²) in [6.45, 7) is 2.02. The first kappa shape index (κ1) is 10.0. The molecule has 0 aromatic carbocycles. The third-order valence-corrected chi connectivity index (χ3v) is 0.809. The Morgan fingerprint density at radius 3 is 2.09 bits per heavy atom. The van der Waals surface area contributed by atoms with Gasteiger partial charge in [-0.05, 0) is 18.6 Å². The third kappa shape index (κ3) is 9.00. The Morgan fingerprint density at radius 2 is 1.91 bits per heavy atom. The van der Waals surface area contributed by atoms with Crippen LogP contribution in [0, 0.1) is 6.92 Å². The van der Waals surface area contributed by atoms with Crippen molar-refractivity contribution in [1.29, 1.82) is 0 Å². The number of aryl methyl sites for hydroxylation is 1. The van der Waals surface area contributed by atoms with Crippen molar-refractivity contribution in [2.45, 2.75) is 6.92 Å². The van der Waals surface area contributed by atoms with Crippen LogP contribution >= 0.6 is 0 Å². The highest BCUT2D eigenvalue weighted by molar-refractivity contribution is 6.33. The van der Waals surface area contributed by atoms with Crippen molar-refractivity contribution < 1.29 is 12.9 Å². The largest absolute Gasteiger partial charge is 0.762 e. The lowest BCUT2D eigenvalue weighted by atomic mass is 10.3. The minimum absolute atomic E-state index is 1.21. The van der Waals surface area contributed by atoms with Gasteiger partial charge in [0.1, 0.15) is 0 Å². The highest BCUT2D eigenvalue weighted by atomic mass is 19.4. The first-order valence-corrected chi connectivity index (χ1v) is 2.92. The molecule has 0 fully saturated rings. The van der Waals surface area contributed by atoms with Crippen molar-refractivity contribution in [1.82, 2.24) is 4.98 Å². The molecule has 1 heterocycles. The van der Waals surface area contributed by atoms with Crippen LogP contribution in [0.2, 0.25) is 0 Å². The van der Waals surface area contributed by atoms with E-state index < -0.39 is 7.54 Å². The summed E-state index contributed by atoms with van der Waals surface area (Å²) in [5.41, 5.74) is 1.21. The van der Waals surface area contributed by atoms with E-state index in [9.17, 15) is 12.9 Å². The van der Waals surface area contributed by atoms with Crippen molar-refractivity contribution in [2.24, 2.45) is 0 Å². The second kappa shape index (κ2) is 5.76. The highest BCUT2D eigenvalue weighted by Crippen LogP contribution is 1.88. The van der Waals surface area contributed by atoms with Gasteiger partial charge in [0, 0.05) is 12.4 Å². The number of hydrogen-bond acceptors (Lipinski definition) is 1. The molecule has 1 nitrogen and oxygen atoms in total. The maximum absolute atomic E-state index is 9.67. The average Bonchev–Trinajstić information content (AvgIpc) is 1.87. The van der Waals surface area contributed by atoms with Crippen LogP contribution in [-0.2, 0) is 0 Å². The van der Waals surface area contributed by atoms with Crippen molar-refractivity contribution in [2.75, 3.05) is 0 Å². The maximum Gasteiger partial charge on any atom is 0.762 e. The van der Waals surface area contributed by atoms with E-state index in [1.54, 1.807) is 6.20 Å². The van der Waals surface area contributed by atoms with E-state index >= 15 is 0 Å². The SMILES string of the molecule is Cc1cccnc1.FB(F)F. The summed E-state index contributed by atoms with van der Waals surface area (Å²) in [4.78, 5) is 3.88. The molecule has 0 saturated carbocycles. The van der Waals surface area contributed by atoms with Crippen LogP contribution < -0.4 is 0 Å². The van der Waals surface area contributed by atoms with Gasteiger partial charge in [0.05, 0.1) is 0 Å². The molecular formula is C6H7BF3N. The Hall–Kier alpha value is -0.995. The van der Waals surface area contributed by atoms with E-state index in [1.165, 1.54) is 5.56 Å². The van der Waals surface area contributed by atoms with Crippen molar-refractivity contribution in [3.05, 3.63) is 30.1 Å². The van der Waals surface area contributed by atoms with E-state index in [0.29, 0.717) is 0 Å². The van der Waals surface area contributed by atoms with Crippen LogP contribution in [0.3, 0.4) is 0 Å². The van der Waals surface area contributed by atoms with Crippen LogP contribution in [0.25, 0.3) is 0 Å². The Balaban J connectivity index is 0.000000218. The van der Waals surface area contributed by atoms with E-state index in [2.05, 4.69) is 4.98 Å². The lowest BCUT2D eigenvalue weighted by molar-refractivity contribution is 0.535. The van der Waals surface area contributed by atoms with Crippen LogP contribution in [0.15, 0.2) is 24.5 Å². The number of rotatable bonds is 0. The normalized spacial score (nSPS) is 8.00. The first-order valence-electron chi connectivity index (χ1n) is 2.92. The topological polar surface area (TPSA) is 12.9 Å². The Morgan fingerprint density at radius 1 is 1.36 bits per heavy atom. The van der Waals surface area contributed by atoms with Crippen LogP contribution in [-0.4, -0.2) is 12.5 Å². The molecule has 0 radical (unpaired) electrons. The predicted octanol–water partition coefficient (Wildman–Crippen LogP) is 2.27. The fourth-order valence-corrected chi connectivity index (χ4v) is 0.448. The molecule has 0 amide bonds. The number of hydrogen-bond donors (Lipinski definition) is 0. The quantitative estimate of drug-likeness (QED) is 0.531. The van der Waals surface area contributed by atoms with Gasteiger partial charge in [-0.15, -0.1) is 0 Å². The lowest BCUT2D eigenvalue weighted by Crippen LogP contribution is -1.76. The molecule has 0 aliphatic carbocycles. The zero-order chi connectivity index (χ0) is 8.69. The zero-order valence-corrected chi connectivity index (χ0v) is 5.97. The van der Waals surface area contributed by atoms with E-state index in [0.717, 1.165) is 0 Å². The third-order valence-electron chi connectivity index (χ3n) is 0.809. The van der Waals surface area contributed by atoms with Crippen LogP contribution in [0.5, 0.6) is 0 Å². The molecule has 0 saturated heterocycles. The van der Waals surface area contributed by atoms with Gasteiger partial charge in [-0.1, -0.05) is 6.07 Å². The summed E-state index contributed by atoms with van der Waals surface area (Å²) in [7, 11) is -3.67. The molecular weight excluding hydrogens is 154 g/mol. The smallest absolute Gasteiger partial charge is 0.264 e. The molecule has 0 aliphatic rings. The minimum Gasteiger partial charge on any atom is -0.264 e. The molecule has 60 valence electrons. The fourth-order valence-electron chi connectivity index (χ4n) is 0.448. The van der Waals surface area contributed by atoms with Gasteiger partial charge in [0.15, 0.2) is 0 Å². The Bertz CT molecular complexity index is 178. The van der Waals surface area contributed by atoms with Gasteiger partial charge >= 0.3 is 7.54 Å². The number of aromatic nitrogens is 1. The maximum atomic E-state index is 9.67. The second-order valence-electron chi connectivity index (χ2n) is 1.78. The zero-order valence-electron chi connectivity index (χ0n) is 5.97. The van der Waals surface area contributed by atoms with Gasteiger partial charge < -0.3 is 0 Å². The van der Waals surface area contributed by atoms with E-state index in [4.69, 9.17) is 0 Å². The molecule has 0 N–H and O–H groups in total. The summed E-state index contributed by atoms with van der Waals surface area (Å²) >= 11 is 0. The molecule has 0 unspecified atom stereocenters. The monoisotopic (exact) mass is 161 g/mol. The number of pyridine rings is 1. The van der Waals surface area contributed by atoms with Gasteiger partial charge in [0.2, 0.25) is 0 Å². The molecule has 0 atom stereocenters. The van der Waals surface area contributed by atoms with Gasteiger partial charge in [-0.3, -0.25) is 17.9 Å².